The number of aromatic amines is 1. The van der Waals surface area contributed by atoms with Gasteiger partial charge in [0.15, 0.2) is 5.16 Å². The van der Waals surface area contributed by atoms with Crippen molar-refractivity contribution in [1.82, 2.24) is 9.97 Å². The van der Waals surface area contributed by atoms with E-state index in [-0.39, 0.29) is 23.3 Å². The van der Waals surface area contributed by atoms with Gasteiger partial charge in [-0.05, 0) is 6.92 Å². The minimum absolute atomic E-state index is 0.167. The van der Waals surface area contributed by atoms with Gasteiger partial charge in [0.2, 0.25) is 0 Å². The van der Waals surface area contributed by atoms with Crippen LogP contribution in [0.25, 0.3) is 0 Å². The van der Waals surface area contributed by atoms with Crippen LogP contribution >= 0.6 is 11.8 Å². The molecule has 0 spiro atoms. The Kier molecular flexibility index (Phi) is 5.02. The van der Waals surface area contributed by atoms with E-state index in [2.05, 4.69) is 9.97 Å². The van der Waals surface area contributed by atoms with Crippen LogP contribution in [0.15, 0.2) is 16.0 Å². The molecule has 94 valence electrons. The van der Waals surface area contributed by atoms with E-state index in [0.29, 0.717) is 17.5 Å². The Labute approximate surface area is 103 Å². The third-order valence-electron chi connectivity index (χ3n) is 1.90. The summed E-state index contributed by atoms with van der Waals surface area (Å²) in [4.78, 5) is 28.9. The van der Waals surface area contributed by atoms with Crippen molar-refractivity contribution in [3.8, 4) is 0 Å². The van der Waals surface area contributed by atoms with Crippen LogP contribution in [-0.2, 0) is 9.53 Å². The fourth-order valence-corrected chi connectivity index (χ4v) is 1.96. The highest BCUT2D eigenvalue weighted by atomic mass is 32.2. The first kappa shape index (κ1) is 13.6. The molecule has 0 aromatic carbocycles. The van der Waals surface area contributed by atoms with Crippen molar-refractivity contribution in [2.24, 2.45) is 5.92 Å². The number of rotatable bonds is 5. The number of carbonyl (C=O) groups is 1. The predicted molar refractivity (Wildman–Crippen MR) is 65.8 cm³/mol. The fraction of sp³-hybridized carbons (Fsp3) is 0.500. The number of aromatic nitrogens is 2. The topological polar surface area (TPSA) is 98.1 Å². The van der Waals surface area contributed by atoms with Crippen molar-refractivity contribution in [3.63, 3.8) is 0 Å². The lowest BCUT2D eigenvalue weighted by Crippen LogP contribution is -2.17. The zero-order valence-electron chi connectivity index (χ0n) is 9.73. The van der Waals surface area contributed by atoms with Crippen LogP contribution in [0.5, 0.6) is 0 Å². The Bertz CT molecular complexity index is 447. The molecule has 0 saturated carbocycles. The zero-order valence-corrected chi connectivity index (χ0v) is 10.5. The van der Waals surface area contributed by atoms with Crippen molar-refractivity contribution in [3.05, 3.63) is 16.4 Å². The first-order chi connectivity index (χ1) is 8.02. The second-order valence-electron chi connectivity index (χ2n) is 3.44. The molecule has 3 N–H and O–H groups in total. The average Bonchev–Trinajstić information content (AvgIpc) is 2.25. The summed E-state index contributed by atoms with van der Waals surface area (Å²) in [7, 11) is 0. The summed E-state index contributed by atoms with van der Waals surface area (Å²) < 4.78 is 4.87. The lowest BCUT2D eigenvalue weighted by Gasteiger charge is -2.09. The van der Waals surface area contributed by atoms with Gasteiger partial charge in [-0.25, -0.2) is 4.98 Å². The lowest BCUT2D eigenvalue weighted by molar-refractivity contribution is -0.146. The normalized spacial score (nSPS) is 12.1. The first-order valence-corrected chi connectivity index (χ1v) is 6.17. The molecule has 1 heterocycles. The van der Waals surface area contributed by atoms with Crippen LogP contribution in [0.3, 0.4) is 0 Å². The van der Waals surface area contributed by atoms with E-state index in [4.69, 9.17) is 10.5 Å². The minimum Gasteiger partial charge on any atom is -0.466 e. The highest BCUT2D eigenvalue weighted by molar-refractivity contribution is 7.99. The number of thioether (sulfide) groups is 1. The van der Waals surface area contributed by atoms with Gasteiger partial charge in [-0.2, -0.15) is 0 Å². The number of nitrogens with one attached hydrogen (secondary N) is 1. The van der Waals surface area contributed by atoms with Crippen LogP contribution in [0.1, 0.15) is 13.8 Å². The number of esters is 1. The number of ether oxygens (including phenoxy) is 1. The summed E-state index contributed by atoms with van der Waals surface area (Å²) in [6, 6.07) is 1.21. The van der Waals surface area contributed by atoms with Crippen molar-refractivity contribution < 1.29 is 9.53 Å². The Balaban J connectivity index is 2.55. The van der Waals surface area contributed by atoms with E-state index in [1.807, 2.05) is 0 Å². The highest BCUT2D eigenvalue weighted by Crippen LogP contribution is 2.16. The third-order valence-corrected chi connectivity index (χ3v) is 3.03. The molecule has 0 aliphatic rings. The van der Waals surface area contributed by atoms with Gasteiger partial charge in [0.05, 0.1) is 12.5 Å². The van der Waals surface area contributed by atoms with Crippen molar-refractivity contribution in [2.75, 3.05) is 18.1 Å². The fourth-order valence-electron chi connectivity index (χ4n) is 1.08. The van der Waals surface area contributed by atoms with Gasteiger partial charge in [-0.3, -0.25) is 9.59 Å². The number of anilines is 1. The molecular formula is C10H15N3O3S. The molecule has 0 bridgehead atoms. The minimum atomic E-state index is -0.302. The molecule has 0 radical (unpaired) electrons. The molecule has 1 aromatic heterocycles. The molecule has 0 aliphatic heterocycles. The van der Waals surface area contributed by atoms with Crippen LogP contribution in [0.4, 0.5) is 5.82 Å². The molecule has 7 heteroatoms. The van der Waals surface area contributed by atoms with E-state index in [9.17, 15) is 9.59 Å². The quantitative estimate of drug-likeness (QED) is 0.456. The van der Waals surface area contributed by atoms with Crippen molar-refractivity contribution >= 4 is 23.5 Å². The van der Waals surface area contributed by atoms with Crippen LogP contribution in [-0.4, -0.2) is 28.3 Å². The van der Waals surface area contributed by atoms with Gasteiger partial charge >= 0.3 is 5.97 Å². The molecule has 1 rings (SSSR count). The molecule has 0 saturated heterocycles. The Hall–Kier alpha value is -1.50. The van der Waals surface area contributed by atoms with Crippen LogP contribution in [0.2, 0.25) is 0 Å². The number of hydrogen-bond acceptors (Lipinski definition) is 6. The van der Waals surface area contributed by atoms with E-state index < -0.39 is 0 Å². The molecule has 6 nitrogen and oxygen atoms in total. The highest BCUT2D eigenvalue weighted by Gasteiger charge is 2.14. The first-order valence-electron chi connectivity index (χ1n) is 5.19. The Morgan fingerprint density at radius 1 is 1.71 bits per heavy atom. The van der Waals surface area contributed by atoms with E-state index in [0.717, 1.165) is 0 Å². The summed E-state index contributed by atoms with van der Waals surface area (Å²) in [6.45, 7) is 3.88. The van der Waals surface area contributed by atoms with Gasteiger partial charge in [-0.15, -0.1) is 0 Å². The molecule has 1 atom stereocenters. The molecule has 0 fully saturated rings. The lowest BCUT2D eigenvalue weighted by atomic mass is 10.2. The van der Waals surface area contributed by atoms with Gasteiger partial charge in [-0.1, -0.05) is 18.7 Å². The summed E-state index contributed by atoms with van der Waals surface area (Å²) in [5.41, 5.74) is 5.14. The van der Waals surface area contributed by atoms with Crippen LogP contribution in [0, 0.1) is 5.92 Å². The summed E-state index contributed by atoms with van der Waals surface area (Å²) in [6.07, 6.45) is 0. The maximum absolute atomic E-state index is 11.3. The predicted octanol–water partition coefficient (Wildman–Crippen LogP) is 0.643. The van der Waals surface area contributed by atoms with E-state index in [1.165, 1.54) is 17.8 Å². The molecule has 1 aromatic rings. The second kappa shape index (κ2) is 6.29. The molecule has 0 amide bonds. The number of nitrogens with two attached hydrogens (primary N) is 1. The average molecular weight is 257 g/mol. The maximum atomic E-state index is 11.3. The Morgan fingerprint density at radius 2 is 2.41 bits per heavy atom. The van der Waals surface area contributed by atoms with Crippen molar-refractivity contribution in [2.45, 2.75) is 19.0 Å². The smallest absolute Gasteiger partial charge is 0.309 e. The summed E-state index contributed by atoms with van der Waals surface area (Å²) in [5, 5.41) is 0.408. The maximum Gasteiger partial charge on any atom is 0.309 e. The van der Waals surface area contributed by atoms with E-state index in [1.54, 1.807) is 13.8 Å². The van der Waals surface area contributed by atoms with Gasteiger partial charge in [0.1, 0.15) is 5.82 Å². The number of H-pyrrole nitrogens is 1. The standard InChI is InChI=1S/C10H15N3O3S/c1-3-16-9(15)6(2)5-17-10-12-7(11)4-8(14)13-10/h4,6H,3,5H2,1-2H3,(H3,11,12,13,14). The molecule has 1 unspecified atom stereocenters. The Morgan fingerprint density at radius 3 is 3.00 bits per heavy atom. The van der Waals surface area contributed by atoms with E-state index >= 15 is 0 Å². The van der Waals surface area contributed by atoms with Gasteiger partial charge in [0, 0.05) is 11.8 Å². The zero-order chi connectivity index (χ0) is 12.8. The third kappa shape index (κ3) is 4.48. The number of hydrogen-bond donors (Lipinski definition) is 2. The molecular weight excluding hydrogens is 242 g/mol. The number of nitrogen functional groups attached to an aromatic ring is 1. The van der Waals surface area contributed by atoms with Crippen LogP contribution < -0.4 is 11.3 Å². The summed E-state index contributed by atoms with van der Waals surface area (Å²) in [5.74, 6) is 0.128. The van der Waals surface area contributed by atoms with Gasteiger partial charge < -0.3 is 15.5 Å². The largest absolute Gasteiger partial charge is 0.466 e. The number of carbonyl (C=O) groups excluding carboxylic acids is 1. The molecule has 17 heavy (non-hydrogen) atoms. The molecule has 0 aliphatic carbocycles. The number of nitrogens with zero attached hydrogens (tertiary/aromatic N) is 1. The van der Waals surface area contributed by atoms with Gasteiger partial charge in [0.25, 0.3) is 5.56 Å². The monoisotopic (exact) mass is 257 g/mol. The second-order valence-corrected chi connectivity index (χ2v) is 4.45. The van der Waals surface area contributed by atoms with Crippen molar-refractivity contribution in [1.29, 1.82) is 0 Å². The summed E-state index contributed by atoms with van der Waals surface area (Å²) >= 11 is 1.26. The SMILES string of the molecule is CCOC(=O)C(C)CSc1nc(N)cc(=O)[nH]1.